The first-order valence-electron chi connectivity index (χ1n) is 7.53. The molecule has 3 rings (SSSR count). The number of thiophene rings is 1. The van der Waals surface area contributed by atoms with E-state index >= 15 is 0 Å². The third-order valence-corrected chi connectivity index (χ3v) is 4.50. The largest absolute Gasteiger partial charge is 0.493 e. The van der Waals surface area contributed by atoms with Crippen molar-refractivity contribution in [2.45, 2.75) is 6.92 Å². The number of hydrogen-bond acceptors (Lipinski definition) is 5. The van der Waals surface area contributed by atoms with E-state index < -0.39 is 5.91 Å². The van der Waals surface area contributed by atoms with Gasteiger partial charge < -0.3 is 4.74 Å². The van der Waals surface area contributed by atoms with E-state index in [1.165, 1.54) is 17.6 Å². The number of halogens is 1. The van der Waals surface area contributed by atoms with Crippen LogP contribution in [0.2, 0.25) is 4.34 Å². The van der Waals surface area contributed by atoms with Gasteiger partial charge in [0.25, 0.3) is 5.91 Å². The number of carbonyl (C=O) groups excluding carboxylic acids is 1. The minimum absolute atomic E-state index is 0.245. The summed E-state index contributed by atoms with van der Waals surface area (Å²) in [5, 5.41) is 10.8. The summed E-state index contributed by atoms with van der Waals surface area (Å²) in [5.41, 5.74) is 4.21. The predicted octanol–water partition coefficient (Wildman–Crippen LogP) is 3.95. The Kier molecular flexibility index (Phi) is 5.47. The number of nitrogens with zero attached hydrogens (tertiary/aromatic N) is 2. The maximum Gasteiger partial charge on any atom is 0.291 e. The van der Waals surface area contributed by atoms with E-state index in [1.54, 1.807) is 12.1 Å². The van der Waals surface area contributed by atoms with E-state index in [9.17, 15) is 4.79 Å². The van der Waals surface area contributed by atoms with Crippen molar-refractivity contribution >= 4 is 35.1 Å². The third kappa shape index (κ3) is 4.26. The third-order valence-electron chi connectivity index (χ3n) is 3.24. The molecule has 0 aliphatic carbocycles. The average Bonchev–Trinajstić information content (AvgIpc) is 3.25. The molecule has 128 valence electrons. The molecule has 1 amide bonds. The summed E-state index contributed by atoms with van der Waals surface area (Å²) < 4.78 is 6.18. The Balaban J connectivity index is 1.66. The molecule has 0 atom stereocenters. The van der Waals surface area contributed by atoms with Crippen molar-refractivity contribution in [1.82, 2.24) is 15.6 Å². The van der Waals surface area contributed by atoms with Gasteiger partial charge in [-0.15, -0.1) is 11.3 Å². The minimum atomic E-state index is -0.407. The van der Waals surface area contributed by atoms with Crippen molar-refractivity contribution in [2.24, 2.45) is 5.10 Å². The molecule has 0 radical (unpaired) electrons. The summed E-state index contributed by atoms with van der Waals surface area (Å²) in [4.78, 5) is 13.0. The van der Waals surface area contributed by atoms with Crippen LogP contribution in [0.4, 0.5) is 0 Å². The number of hydrogen-bond donors (Lipinski definition) is 2. The van der Waals surface area contributed by atoms with Crippen molar-refractivity contribution in [3.8, 4) is 16.3 Å². The number of para-hydroxylation sites is 1. The molecule has 3 aromatic rings. The molecule has 0 spiro atoms. The molecule has 1 aromatic carbocycles. The molecule has 0 saturated carbocycles. The first-order chi connectivity index (χ1) is 12.2. The summed E-state index contributed by atoms with van der Waals surface area (Å²) in [7, 11) is 0. The fourth-order valence-corrected chi connectivity index (χ4v) is 3.12. The molecule has 8 heteroatoms. The second-order valence-electron chi connectivity index (χ2n) is 4.94. The van der Waals surface area contributed by atoms with Crippen LogP contribution in [0.1, 0.15) is 23.0 Å². The zero-order valence-electron chi connectivity index (χ0n) is 13.3. The quantitative estimate of drug-likeness (QED) is 0.506. The highest BCUT2D eigenvalue weighted by Crippen LogP contribution is 2.29. The monoisotopic (exact) mass is 374 g/mol. The predicted molar refractivity (Wildman–Crippen MR) is 99.6 cm³/mol. The number of aromatic amines is 1. The number of H-pyrrole nitrogens is 1. The fourth-order valence-electron chi connectivity index (χ4n) is 2.12. The van der Waals surface area contributed by atoms with Crippen LogP contribution in [-0.2, 0) is 0 Å². The Hall–Kier alpha value is -2.64. The van der Waals surface area contributed by atoms with Gasteiger partial charge >= 0.3 is 0 Å². The number of aromatic nitrogens is 2. The number of rotatable bonds is 6. The topological polar surface area (TPSA) is 79.4 Å². The SMILES string of the molecule is CCOc1ccccc1/C=N/NC(=O)c1cc(-c2ccc(Cl)s2)[nH]n1. The molecular weight excluding hydrogens is 360 g/mol. The van der Waals surface area contributed by atoms with E-state index in [0.29, 0.717) is 16.7 Å². The van der Waals surface area contributed by atoms with Crippen LogP contribution in [0, 0.1) is 0 Å². The molecule has 0 aliphatic rings. The summed E-state index contributed by atoms with van der Waals surface area (Å²) >= 11 is 7.32. The first kappa shape index (κ1) is 17.2. The summed E-state index contributed by atoms with van der Waals surface area (Å²) in [5.74, 6) is 0.301. The second-order valence-corrected chi connectivity index (χ2v) is 6.66. The Labute approximate surface area is 153 Å². The van der Waals surface area contributed by atoms with E-state index in [-0.39, 0.29) is 5.69 Å². The first-order valence-corrected chi connectivity index (χ1v) is 8.73. The van der Waals surface area contributed by atoms with Crippen LogP contribution in [0.15, 0.2) is 47.6 Å². The Morgan fingerprint density at radius 3 is 3.00 bits per heavy atom. The van der Waals surface area contributed by atoms with Gasteiger partial charge in [-0.3, -0.25) is 9.89 Å². The molecule has 6 nitrogen and oxygen atoms in total. The van der Waals surface area contributed by atoms with Crippen LogP contribution in [0.3, 0.4) is 0 Å². The summed E-state index contributed by atoms with van der Waals surface area (Å²) in [6.45, 7) is 2.46. The Morgan fingerprint density at radius 2 is 2.24 bits per heavy atom. The van der Waals surface area contributed by atoms with E-state index in [2.05, 4.69) is 20.7 Å². The average molecular weight is 375 g/mol. The lowest BCUT2D eigenvalue weighted by molar-refractivity contribution is 0.0950. The molecular formula is C17H15ClN4O2S. The van der Waals surface area contributed by atoms with Crippen LogP contribution >= 0.6 is 22.9 Å². The number of nitrogens with one attached hydrogen (secondary N) is 2. The molecule has 2 heterocycles. The maximum absolute atomic E-state index is 12.1. The van der Waals surface area contributed by atoms with E-state index in [4.69, 9.17) is 16.3 Å². The fraction of sp³-hybridized carbons (Fsp3) is 0.118. The molecule has 0 bridgehead atoms. The number of benzene rings is 1. The van der Waals surface area contributed by atoms with Gasteiger partial charge in [-0.25, -0.2) is 5.43 Å². The van der Waals surface area contributed by atoms with Crippen molar-refractivity contribution in [3.05, 3.63) is 58.1 Å². The van der Waals surface area contributed by atoms with Crippen LogP contribution in [0.5, 0.6) is 5.75 Å². The van der Waals surface area contributed by atoms with Crippen LogP contribution in [-0.4, -0.2) is 28.9 Å². The second kappa shape index (κ2) is 7.96. The zero-order valence-corrected chi connectivity index (χ0v) is 14.9. The lowest BCUT2D eigenvalue weighted by atomic mass is 10.2. The van der Waals surface area contributed by atoms with Gasteiger partial charge in [0.2, 0.25) is 0 Å². The van der Waals surface area contributed by atoms with Gasteiger partial charge in [-0.05, 0) is 37.3 Å². The lowest BCUT2D eigenvalue weighted by Gasteiger charge is -2.05. The lowest BCUT2D eigenvalue weighted by Crippen LogP contribution is -2.18. The molecule has 0 saturated heterocycles. The highest BCUT2D eigenvalue weighted by molar-refractivity contribution is 7.19. The maximum atomic E-state index is 12.1. The van der Waals surface area contributed by atoms with Crippen molar-refractivity contribution in [3.63, 3.8) is 0 Å². The highest BCUT2D eigenvalue weighted by Gasteiger charge is 2.12. The normalized spacial score (nSPS) is 11.0. The van der Waals surface area contributed by atoms with Crippen molar-refractivity contribution in [1.29, 1.82) is 0 Å². The zero-order chi connectivity index (χ0) is 17.6. The Morgan fingerprint density at radius 1 is 1.40 bits per heavy atom. The smallest absolute Gasteiger partial charge is 0.291 e. The standard InChI is InChI=1S/C17H15ClN4O2S/c1-2-24-14-6-4-3-5-11(14)10-19-22-17(23)13-9-12(20-21-13)15-7-8-16(18)25-15/h3-10H,2H2,1H3,(H,20,21)(H,22,23)/b19-10+. The van der Waals surface area contributed by atoms with Crippen molar-refractivity contribution in [2.75, 3.05) is 6.61 Å². The number of carbonyl (C=O) groups is 1. The van der Waals surface area contributed by atoms with E-state index in [1.807, 2.05) is 37.3 Å². The Bertz CT molecular complexity index is 903. The van der Waals surface area contributed by atoms with Gasteiger partial charge in [0.05, 0.1) is 27.7 Å². The molecule has 0 fully saturated rings. The summed E-state index contributed by atoms with van der Waals surface area (Å²) in [6.07, 6.45) is 1.54. The molecule has 0 unspecified atom stereocenters. The molecule has 25 heavy (non-hydrogen) atoms. The summed E-state index contributed by atoms with van der Waals surface area (Å²) in [6, 6.07) is 12.8. The highest BCUT2D eigenvalue weighted by atomic mass is 35.5. The molecule has 2 aromatic heterocycles. The van der Waals surface area contributed by atoms with Gasteiger partial charge in [0.15, 0.2) is 5.69 Å². The van der Waals surface area contributed by atoms with Gasteiger partial charge in [0.1, 0.15) is 5.75 Å². The minimum Gasteiger partial charge on any atom is -0.493 e. The van der Waals surface area contributed by atoms with Gasteiger partial charge in [0, 0.05) is 5.56 Å². The van der Waals surface area contributed by atoms with Crippen molar-refractivity contribution < 1.29 is 9.53 Å². The van der Waals surface area contributed by atoms with E-state index in [0.717, 1.165) is 16.1 Å². The number of ether oxygens (including phenoxy) is 1. The van der Waals surface area contributed by atoms with Crippen LogP contribution in [0.25, 0.3) is 10.6 Å². The number of hydrazone groups is 1. The molecule has 2 N–H and O–H groups in total. The van der Waals surface area contributed by atoms with Gasteiger partial charge in [-0.1, -0.05) is 23.7 Å². The number of amides is 1. The van der Waals surface area contributed by atoms with Crippen LogP contribution < -0.4 is 10.2 Å². The molecule has 0 aliphatic heterocycles. The van der Waals surface area contributed by atoms with Gasteiger partial charge in [-0.2, -0.15) is 10.2 Å².